The molecular formula is C13H26N2O2. The lowest BCUT2D eigenvalue weighted by Crippen LogP contribution is -2.50. The lowest BCUT2D eigenvalue weighted by atomic mass is 10.1. The van der Waals surface area contributed by atoms with Gasteiger partial charge in [0.25, 0.3) is 0 Å². The first kappa shape index (κ1) is 14.5. The lowest BCUT2D eigenvalue weighted by Gasteiger charge is -2.35. The molecule has 100 valence electrons. The molecule has 0 radical (unpaired) electrons. The molecule has 1 aliphatic heterocycles. The van der Waals surface area contributed by atoms with Crippen LogP contribution in [0.5, 0.6) is 0 Å². The predicted molar refractivity (Wildman–Crippen MR) is 68.9 cm³/mol. The molecule has 4 nitrogen and oxygen atoms in total. The van der Waals surface area contributed by atoms with Gasteiger partial charge in [-0.2, -0.15) is 0 Å². The summed E-state index contributed by atoms with van der Waals surface area (Å²) >= 11 is 0. The van der Waals surface area contributed by atoms with E-state index in [0.29, 0.717) is 12.5 Å². The van der Waals surface area contributed by atoms with E-state index in [-0.39, 0.29) is 24.2 Å². The van der Waals surface area contributed by atoms with Gasteiger partial charge in [0.05, 0.1) is 18.8 Å². The lowest BCUT2D eigenvalue weighted by molar-refractivity contribution is -0.126. The van der Waals surface area contributed by atoms with Crippen LogP contribution in [0.25, 0.3) is 0 Å². The fraction of sp³-hybridized carbons (Fsp3) is 0.923. The van der Waals surface area contributed by atoms with E-state index < -0.39 is 0 Å². The van der Waals surface area contributed by atoms with Crippen LogP contribution in [0.4, 0.5) is 0 Å². The summed E-state index contributed by atoms with van der Waals surface area (Å²) in [6.45, 7) is 12.5. The molecule has 0 aromatic carbocycles. The minimum absolute atomic E-state index is 0.118. The summed E-state index contributed by atoms with van der Waals surface area (Å²) in [4.78, 5) is 14.0. The van der Waals surface area contributed by atoms with Gasteiger partial charge in [-0.25, -0.2) is 0 Å². The van der Waals surface area contributed by atoms with E-state index in [4.69, 9.17) is 4.74 Å². The second kappa shape index (κ2) is 6.36. The van der Waals surface area contributed by atoms with Crippen LogP contribution in [0.3, 0.4) is 0 Å². The average Bonchev–Trinajstić information content (AvgIpc) is 2.14. The first-order chi connectivity index (χ1) is 7.88. The molecule has 3 unspecified atom stereocenters. The summed E-state index contributed by atoms with van der Waals surface area (Å²) in [5.74, 6) is 0.592. The van der Waals surface area contributed by atoms with E-state index in [1.807, 2.05) is 6.92 Å². The van der Waals surface area contributed by atoms with Gasteiger partial charge in [-0.05, 0) is 26.7 Å². The Morgan fingerprint density at radius 1 is 1.29 bits per heavy atom. The van der Waals surface area contributed by atoms with Crippen LogP contribution in [0.2, 0.25) is 0 Å². The minimum Gasteiger partial charge on any atom is -0.373 e. The second-order valence-electron chi connectivity index (χ2n) is 5.55. The van der Waals surface area contributed by atoms with Gasteiger partial charge in [0.2, 0.25) is 5.91 Å². The number of amides is 1. The van der Waals surface area contributed by atoms with Crippen LogP contribution >= 0.6 is 0 Å². The molecule has 4 heteroatoms. The maximum atomic E-state index is 11.8. The van der Waals surface area contributed by atoms with E-state index in [0.717, 1.165) is 13.1 Å². The first-order valence-corrected chi connectivity index (χ1v) is 6.55. The third-order valence-electron chi connectivity index (χ3n) is 3.25. The number of morpholine rings is 1. The molecule has 1 heterocycles. The molecule has 0 aromatic heterocycles. The van der Waals surface area contributed by atoms with Crippen LogP contribution < -0.4 is 5.32 Å². The molecule has 0 aromatic rings. The normalized spacial score (nSPS) is 28.1. The second-order valence-corrected chi connectivity index (χ2v) is 5.55. The van der Waals surface area contributed by atoms with Crippen LogP contribution in [-0.4, -0.2) is 48.7 Å². The van der Waals surface area contributed by atoms with Gasteiger partial charge in [0.1, 0.15) is 0 Å². The summed E-state index contributed by atoms with van der Waals surface area (Å²) < 4.78 is 5.64. The maximum Gasteiger partial charge on any atom is 0.234 e. The van der Waals surface area contributed by atoms with E-state index in [9.17, 15) is 4.79 Å². The average molecular weight is 242 g/mol. The van der Waals surface area contributed by atoms with Crippen LogP contribution in [0.1, 0.15) is 34.6 Å². The molecule has 1 fully saturated rings. The molecule has 1 N–H and O–H groups in total. The number of hydrogen-bond donors (Lipinski definition) is 1. The largest absolute Gasteiger partial charge is 0.373 e. The molecule has 0 saturated carbocycles. The monoisotopic (exact) mass is 242 g/mol. The third-order valence-corrected chi connectivity index (χ3v) is 3.25. The van der Waals surface area contributed by atoms with Crippen molar-refractivity contribution in [1.82, 2.24) is 10.2 Å². The molecule has 3 atom stereocenters. The molecule has 0 spiro atoms. The van der Waals surface area contributed by atoms with E-state index in [2.05, 4.69) is 37.9 Å². The summed E-state index contributed by atoms with van der Waals surface area (Å²) in [5.41, 5.74) is 0. The van der Waals surface area contributed by atoms with E-state index in [1.165, 1.54) is 0 Å². The van der Waals surface area contributed by atoms with Crippen LogP contribution in [-0.2, 0) is 9.53 Å². The van der Waals surface area contributed by atoms with Crippen molar-refractivity contribution in [3.05, 3.63) is 0 Å². The zero-order valence-electron chi connectivity index (χ0n) is 11.7. The molecule has 0 aliphatic carbocycles. The van der Waals surface area contributed by atoms with Crippen molar-refractivity contribution >= 4 is 5.91 Å². The summed E-state index contributed by atoms with van der Waals surface area (Å²) in [6, 6.07) is 0.235. The van der Waals surface area contributed by atoms with Crippen molar-refractivity contribution in [2.45, 2.75) is 52.9 Å². The number of carbonyl (C=O) groups excluding carboxylic acids is 1. The Labute approximate surface area is 105 Å². The van der Waals surface area contributed by atoms with Gasteiger partial charge in [-0.15, -0.1) is 0 Å². The number of hydrogen-bond acceptors (Lipinski definition) is 3. The highest BCUT2D eigenvalue weighted by Crippen LogP contribution is 2.10. The summed E-state index contributed by atoms with van der Waals surface area (Å²) in [6.07, 6.45) is 0.433. The Kier molecular flexibility index (Phi) is 5.40. The molecule has 0 bridgehead atoms. The Morgan fingerprint density at radius 3 is 2.29 bits per heavy atom. The van der Waals surface area contributed by atoms with E-state index in [1.54, 1.807) is 0 Å². The predicted octanol–water partition coefficient (Wildman–Crippen LogP) is 1.26. The fourth-order valence-electron chi connectivity index (χ4n) is 2.08. The van der Waals surface area contributed by atoms with Gasteiger partial charge in [0, 0.05) is 19.1 Å². The number of nitrogens with zero attached hydrogens (tertiary/aromatic N) is 1. The molecule has 1 aliphatic rings. The zero-order chi connectivity index (χ0) is 13.0. The Morgan fingerprint density at radius 2 is 1.82 bits per heavy atom. The van der Waals surface area contributed by atoms with Crippen molar-refractivity contribution in [1.29, 1.82) is 0 Å². The van der Waals surface area contributed by atoms with Gasteiger partial charge in [0.15, 0.2) is 0 Å². The van der Waals surface area contributed by atoms with Crippen molar-refractivity contribution in [3.63, 3.8) is 0 Å². The summed E-state index contributed by atoms with van der Waals surface area (Å²) in [5, 5.41) is 3.03. The number of carbonyl (C=O) groups is 1. The number of nitrogens with one attached hydrogen (secondary N) is 1. The zero-order valence-corrected chi connectivity index (χ0v) is 11.7. The van der Waals surface area contributed by atoms with Gasteiger partial charge in [-0.1, -0.05) is 13.8 Å². The molecule has 1 saturated heterocycles. The topological polar surface area (TPSA) is 41.6 Å². The van der Waals surface area contributed by atoms with E-state index >= 15 is 0 Å². The van der Waals surface area contributed by atoms with Gasteiger partial charge >= 0.3 is 0 Å². The molecule has 1 rings (SSSR count). The molecule has 17 heavy (non-hydrogen) atoms. The van der Waals surface area contributed by atoms with Crippen molar-refractivity contribution in [2.75, 3.05) is 19.6 Å². The SMILES string of the molecule is CC1CN(CC(=O)NC(C)C(C)C)CC(C)O1. The highest BCUT2D eigenvalue weighted by Gasteiger charge is 2.24. The van der Waals surface area contributed by atoms with Gasteiger partial charge in [-0.3, -0.25) is 9.69 Å². The maximum absolute atomic E-state index is 11.8. The highest BCUT2D eigenvalue weighted by molar-refractivity contribution is 5.78. The fourth-order valence-corrected chi connectivity index (χ4v) is 2.08. The summed E-state index contributed by atoms with van der Waals surface area (Å²) in [7, 11) is 0. The quantitative estimate of drug-likeness (QED) is 0.807. The highest BCUT2D eigenvalue weighted by atomic mass is 16.5. The Hall–Kier alpha value is -0.610. The standard InChI is InChI=1S/C13H26N2O2/c1-9(2)12(5)14-13(16)8-15-6-10(3)17-11(4)7-15/h9-12H,6-8H2,1-5H3,(H,14,16). The Bertz CT molecular complexity index is 246. The minimum atomic E-state index is 0.118. The molecular weight excluding hydrogens is 216 g/mol. The first-order valence-electron chi connectivity index (χ1n) is 6.55. The van der Waals surface area contributed by atoms with Crippen LogP contribution in [0, 0.1) is 5.92 Å². The van der Waals surface area contributed by atoms with Crippen LogP contribution in [0.15, 0.2) is 0 Å². The third kappa shape index (κ3) is 5.04. The van der Waals surface area contributed by atoms with Crippen molar-refractivity contribution in [2.24, 2.45) is 5.92 Å². The van der Waals surface area contributed by atoms with Crippen molar-refractivity contribution in [3.8, 4) is 0 Å². The molecule has 1 amide bonds. The smallest absolute Gasteiger partial charge is 0.234 e. The number of ether oxygens (including phenoxy) is 1. The van der Waals surface area contributed by atoms with Crippen molar-refractivity contribution < 1.29 is 9.53 Å². The Balaban J connectivity index is 2.35. The number of rotatable bonds is 4. The van der Waals surface area contributed by atoms with Gasteiger partial charge < -0.3 is 10.1 Å².